The van der Waals surface area contributed by atoms with Gasteiger partial charge in [-0.2, -0.15) is 13.5 Å². The average Bonchev–Trinajstić information content (AvgIpc) is 2.75. The molecule has 3 N–H and O–H groups in total. The fraction of sp³-hybridized carbons (Fsp3) is 0.417. The normalized spacial score (nSPS) is 15.4. The minimum Gasteiger partial charge on any atom is -0.397 e. The van der Waals surface area contributed by atoms with Gasteiger partial charge in [0, 0.05) is 10.4 Å². The van der Waals surface area contributed by atoms with E-state index >= 15 is 0 Å². The lowest BCUT2D eigenvalue weighted by molar-refractivity contribution is -0.119. The first-order chi connectivity index (χ1) is 7.66. The maximum Gasteiger partial charge on any atom is 0.227 e. The molecule has 1 aliphatic carbocycles. The zero-order valence-corrected chi connectivity index (χ0v) is 12.1. The molecule has 5 heteroatoms. The van der Waals surface area contributed by atoms with Crippen molar-refractivity contribution >= 4 is 46.7 Å². The number of anilines is 2. The van der Waals surface area contributed by atoms with E-state index in [1.165, 1.54) is 0 Å². The fourth-order valence-electron chi connectivity index (χ4n) is 2.07. The van der Waals surface area contributed by atoms with Crippen molar-refractivity contribution < 1.29 is 4.79 Å². The van der Waals surface area contributed by atoms with Crippen LogP contribution in [0, 0.1) is 5.92 Å². The number of halogens is 1. The highest BCUT2D eigenvalue weighted by atomic mass is 79.9. The molecular formula is C12H17BrN2OS. The first kappa shape index (κ1) is 14.4. The Balaban J connectivity index is 0.00000144. The number of hydrogen-bond acceptors (Lipinski definition) is 2. The van der Waals surface area contributed by atoms with Gasteiger partial charge in [-0.25, -0.2) is 0 Å². The molecule has 1 amide bonds. The monoisotopic (exact) mass is 316 g/mol. The van der Waals surface area contributed by atoms with Gasteiger partial charge in [-0.05, 0) is 31.0 Å². The Morgan fingerprint density at radius 3 is 2.59 bits per heavy atom. The maximum absolute atomic E-state index is 11.9. The van der Waals surface area contributed by atoms with Crippen molar-refractivity contribution in [1.29, 1.82) is 0 Å². The first-order valence-electron chi connectivity index (χ1n) is 5.52. The average molecular weight is 317 g/mol. The van der Waals surface area contributed by atoms with Crippen LogP contribution in [0.4, 0.5) is 11.4 Å². The molecule has 0 bridgehead atoms. The molecule has 0 heterocycles. The summed E-state index contributed by atoms with van der Waals surface area (Å²) in [5.74, 6) is 0.273. The van der Waals surface area contributed by atoms with Crippen molar-refractivity contribution in [2.45, 2.75) is 25.7 Å². The van der Waals surface area contributed by atoms with Crippen molar-refractivity contribution in [1.82, 2.24) is 0 Å². The van der Waals surface area contributed by atoms with E-state index in [-0.39, 0.29) is 25.3 Å². The van der Waals surface area contributed by atoms with E-state index in [2.05, 4.69) is 21.2 Å². The first-order valence-corrected chi connectivity index (χ1v) is 6.32. The van der Waals surface area contributed by atoms with Crippen molar-refractivity contribution in [3.63, 3.8) is 0 Å². The molecule has 0 saturated heterocycles. The molecule has 2 rings (SSSR count). The fourth-order valence-corrected chi connectivity index (χ4v) is 2.45. The van der Waals surface area contributed by atoms with Crippen LogP contribution in [0.1, 0.15) is 25.7 Å². The Morgan fingerprint density at radius 2 is 2.00 bits per heavy atom. The molecule has 0 aliphatic heterocycles. The second-order valence-corrected chi connectivity index (χ2v) is 5.12. The third-order valence-electron chi connectivity index (χ3n) is 3.00. The molecule has 0 aromatic heterocycles. The topological polar surface area (TPSA) is 55.1 Å². The highest BCUT2D eigenvalue weighted by Crippen LogP contribution is 2.28. The van der Waals surface area contributed by atoms with E-state index < -0.39 is 0 Å². The second-order valence-electron chi connectivity index (χ2n) is 4.20. The predicted octanol–water partition coefficient (Wildman–Crippen LogP) is 3.27. The summed E-state index contributed by atoms with van der Waals surface area (Å²) >= 11 is 3.34. The summed E-state index contributed by atoms with van der Waals surface area (Å²) in [5.41, 5.74) is 7.13. The third-order valence-corrected chi connectivity index (χ3v) is 3.49. The van der Waals surface area contributed by atoms with Crippen LogP contribution >= 0.6 is 29.4 Å². The van der Waals surface area contributed by atoms with Gasteiger partial charge in [0.05, 0.1) is 11.4 Å². The van der Waals surface area contributed by atoms with Crippen molar-refractivity contribution in [3.05, 3.63) is 22.7 Å². The van der Waals surface area contributed by atoms with Crippen molar-refractivity contribution in [2.24, 2.45) is 5.92 Å². The zero-order valence-electron chi connectivity index (χ0n) is 9.50. The van der Waals surface area contributed by atoms with Gasteiger partial charge in [-0.1, -0.05) is 28.8 Å². The maximum atomic E-state index is 11.9. The summed E-state index contributed by atoms with van der Waals surface area (Å²) in [5, 5.41) is 2.89. The highest BCUT2D eigenvalue weighted by Gasteiger charge is 2.22. The lowest BCUT2D eigenvalue weighted by atomic mass is 10.1. The third kappa shape index (κ3) is 3.64. The molecule has 17 heavy (non-hydrogen) atoms. The second kappa shape index (κ2) is 6.31. The van der Waals surface area contributed by atoms with Crippen LogP contribution in [-0.4, -0.2) is 5.91 Å². The van der Waals surface area contributed by atoms with Crippen LogP contribution in [0.15, 0.2) is 22.7 Å². The van der Waals surface area contributed by atoms with E-state index in [1.54, 1.807) is 6.07 Å². The number of rotatable bonds is 2. The van der Waals surface area contributed by atoms with Gasteiger partial charge in [-0.15, -0.1) is 0 Å². The summed E-state index contributed by atoms with van der Waals surface area (Å²) in [6.07, 6.45) is 4.33. The Morgan fingerprint density at radius 1 is 1.35 bits per heavy atom. The van der Waals surface area contributed by atoms with Gasteiger partial charge in [0.2, 0.25) is 5.91 Å². The number of nitrogens with two attached hydrogens (primary N) is 1. The minimum absolute atomic E-state index is 0. The molecule has 0 radical (unpaired) electrons. The Hall–Kier alpha value is -0.680. The molecule has 0 spiro atoms. The zero-order chi connectivity index (χ0) is 11.5. The van der Waals surface area contributed by atoms with Crippen LogP contribution < -0.4 is 11.1 Å². The molecule has 0 atom stereocenters. The summed E-state index contributed by atoms with van der Waals surface area (Å²) in [6, 6.07) is 5.50. The molecule has 1 aliphatic rings. The molecular weight excluding hydrogens is 300 g/mol. The number of hydrogen-bond donors (Lipinski definition) is 2. The molecule has 1 aromatic carbocycles. The van der Waals surface area contributed by atoms with Gasteiger partial charge in [0.15, 0.2) is 0 Å². The van der Waals surface area contributed by atoms with E-state index in [0.717, 1.165) is 30.2 Å². The number of nitrogens with one attached hydrogen (secondary N) is 1. The van der Waals surface area contributed by atoms with E-state index in [0.29, 0.717) is 11.4 Å². The van der Waals surface area contributed by atoms with Crippen molar-refractivity contribution in [2.75, 3.05) is 11.1 Å². The molecule has 94 valence electrons. The number of nitrogen functional groups attached to an aromatic ring is 1. The SMILES string of the molecule is Nc1cc(Br)ccc1NC(=O)C1CCCC1.S. The van der Waals surface area contributed by atoms with Crippen LogP contribution in [0.5, 0.6) is 0 Å². The smallest absolute Gasteiger partial charge is 0.227 e. The summed E-state index contributed by atoms with van der Waals surface area (Å²) in [6.45, 7) is 0. The van der Waals surface area contributed by atoms with Gasteiger partial charge < -0.3 is 11.1 Å². The lowest BCUT2D eigenvalue weighted by Crippen LogP contribution is -2.20. The molecule has 1 aromatic rings. The molecule has 0 unspecified atom stereocenters. The van der Waals surface area contributed by atoms with Crippen LogP contribution in [0.2, 0.25) is 0 Å². The summed E-state index contributed by atoms with van der Waals surface area (Å²) in [4.78, 5) is 11.9. The van der Waals surface area contributed by atoms with Gasteiger partial charge in [0.1, 0.15) is 0 Å². The lowest BCUT2D eigenvalue weighted by Gasteiger charge is -2.12. The van der Waals surface area contributed by atoms with E-state index in [4.69, 9.17) is 5.73 Å². The highest BCUT2D eigenvalue weighted by molar-refractivity contribution is 9.10. The van der Waals surface area contributed by atoms with Crippen LogP contribution in [0.25, 0.3) is 0 Å². The van der Waals surface area contributed by atoms with Crippen LogP contribution in [0.3, 0.4) is 0 Å². The number of carbonyl (C=O) groups is 1. The standard InChI is InChI=1S/C12H15BrN2O.H2S/c13-9-5-6-11(10(14)7-9)15-12(16)8-3-1-2-4-8;/h5-8H,1-4,14H2,(H,15,16);1H2. The molecule has 3 nitrogen and oxygen atoms in total. The Labute approximate surface area is 117 Å². The largest absolute Gasteiger partial charge is 0.397 e. The van der Waals surface area contributed by atoms with Gasteiger partial charge in [-0.3, -0.25) is 4.79 Å². The number of benzene rings is 1. The molecule has 1 fully saturated rings. The summed E-state index contributed by atoms with van der Waals surface area (Å²) < 4.78 is 0.920. The van der Waals surface area contributed by atoms with Crippen LogP contribution in [-0.2, 0) is 4.79 Å². The Bertz CT molecular complexity index is 405. The minimum atomic E-state index is 0. The number of carbonyl (C=O) groups excluding carboxylic acids is 1. The predicted molar refractivity (Wildman–Crippen MR) is 79.5 cm³/mol. The molecule has 1 saturated carbocycles. The quantitative estimate of drug-likeness (QED) is 0.823. The number of amides is 1. The van der Waals surface area contributed by atoms with E-state index in [9.17, 15) is 4.79 Å². The van der Waals surface area contributed by atoms with E-state index in [1.807, 2.05) is 12.1 Å². The van der Waals surface area contributed by atoms with Gasteiger partial charge >= 0.3 is 0 Å². The summed E-state index contributed by atoms with van der Waals surface area (Å²) in [7, 11) is 0. The van der Waals surface area contributed by atoms with Gasteiger partial charge in [0.25, 0.3) is 0 Å². The Kier molecular flexibility index (Phi) is 5.33. The van der Waals surface area contributed by atoms with Crippen molar-refractivity contribution in [3.8, 4) is 0 Å².